The van der Waals surface area contributed by atoms with Crippen LogP contribution in [0.15, 0.2) is 18.2 Å². The van der Waals surface area contributed by atoms with Crippen molar-refractivity contribution < 1.29 is 13.2 Å². The molecule has 0 saturated carbocycles. The van der Waals surface area contributed by atoms with E-state index in [2.05, 4.69) is 27.3 Å². The fourth-order valence-electron chi connectivity index (χ4n) is 2.90. The molecule has 1 saturated heterocycles. The maximum absolute atomic E-state index is 11.6. The summed E-state index contributed by atoms with van der Waals surface area (Å²) in [5, 5.41) is 2.83. The number of halogens is 1. The average Bonchev–Trinajstić information content (AvgIpc) is 2.79. The minimum Gasteiger partial charge on any atom is -0.323 e. The fraction of sp³-hybridized carbons (Fsp3) is 0.500. The Bertz CT molecular complexity index is 689. The van der Waals surface area contributed by atoms with Crippen LogP contribution in [0.3, 0.4) is 0 Å². The number of nitrogens with zero attached hydrogens (tertiary/aromatic N) is 1. The summed E-state index contributed by atoms with van der Waals surface area (Å²) in [6.45, 7) is 0.567. The lowest BCUT2D eigenvalue weighted by Gasteiger charge is -2.27. The Hall–Kier alpha value is -1.08. The molecular formula is C14H17BrN2O3S. The van der Waals surface area contributed by atoms with Crippen molar-refractivity contribution in [2.24, 2.45) is 5.92 Å². The predicted octanol–water partition coefficient (Wildman–Crippen LogP) is 2.53. The van der Waals surface area contributed by atoms with Gasteiger partial charge in [-0.05, 0) is 29.5 Å². The maximum Gasteiger partial charge on any atom is 0.321 e. The van der Waals surface area contributed by atoms with Crippen LogP contribution in [0.5, 0.6) is 0 Å². The van der Waals surface area contributed by atoms with E-state index in [1.807, 2.05) is 12.1 Å². The molecule has 2 atom stereocenters. The third kappa shape index (κ3) is 2.94. The van der Waals surface area contributed by atoms with Crippen LogP contribution >= 0.6 is 15.9 Å². The molecule has 7 heteroatoms. The first-order chi connectivity index (χ1) is 9.85. The van der Waals surface area contributed by atoms with Gasteiger partial charge in [0.05, 0.1) is 11.5 Å². The van der Waals surface area contributed by atoms with Gasteiger partial charge in [0.25, 0.3) is 0 Å². The highest BCUT2D eigenvalue weighted by Gasteiger charge is 2.33. The minimum atomic E-state index is -2.88. The molecule has 2 amide bonds. The summed E-state index contributed by atoms with van der Waals surface area (Å²) >= 11 is 3.65. The van der Waals surface area contributed by atoms with Crippen molar-refractivity contribution in [1.29, 1.82) is 0 Å². The van der Waals surface area contributed by atoms with Gasteiger partial charge in [0, 0.05) is 24.1 Å². The van der Waals surface area contributed by atoms with Crippen molar-refractivity contribution in [1.82, 2.24) is 4.90 Å². The van der Waals surface area contributed by atoms with Crippen LogP contribution in [0.25, 0.3) is 0 Å². The van der Waals surface area contributed by atoms with Crippen LogP contribution in [0, 0.1) is 5.92 Å². The SMILES string of the molecule is CN1Cc2cc(C(Br)C3CCS(=O)(=O)C3)ccc2NC1=O. The van der Waals surface area contributed by atoms with Crippen molar-refractivity contribution in [2.45, 2.75) is 17.8 Å². The number of carbonyl (C=O) groups is 1. The zero-order chi connectivity index (χ0) is 15.2. The molecule has 3 rings (SSSR count). The van der Waals surface area contributed by atoms with Gasteiger partial charge in [0.15, 0.2) is 9.84 Å². The Balaban J connectivity index is 1.84. The number of urea groups is 1. The van der Waals surface area contributed by atoms with E-state index in [4.69, 9.17) is 0 Å². The molecule has 1 aromatic carbocycles. The van der Waals surface area contributed by atoms with Crippen molar-refractivity contribution in [3.8, 4) is 0 Å². The number of hydrogen-bond acceptors (Lipinski definition) is 3. The second kappa shape index (κ2) is 5.28. The molecule has 0 aliphatic carbocycles. The molecule has 2 aliphatic heterocycles. The molecule has 21 heavy (non-hydrogen) atoms. The van der Waals surface area contributed by atoms with Gasteiger partial charge >= 0.3 is 6.03 Å². The number of benzene rings is 1. The standard InChI is InChI=1S/C14H17BrN2O3S/c1-17-7-11-6-9(2-3-12(11)16-14(17)18)13(15)10-4-5-21(19,20)8-10/h2-3,6,10,13H,4-5,7-8H2,1H3,(H,16,18). The fourth-order valence-corrected chi connectivity index (χ4v) is 5.73. The van der Waals surface area contributed by atoms with Crippen molar-refractivity contribution in [3.63, 3.8) is 0 Å². The quantitative estimate of drug-likeness (QED) is 0.811. The first-order valence-corrected chi connectivity index (χ1v) is 9.59. The number of nitrogens with one attached hydrogen (secondary N) is 1. The van der Waals surface area contributed by atoms with Gasteiger partial charge in [-0.2, -0.15) is 0 Å². The van der Waals surface area contributed by atoms with Crippen LogP contribution in [-0.2, 0) is 16.4 Å². The Morgan fingerprint density at radius 2 is 2.19 bits per heavy atom. The Kier molecular flexibility index (Phi) is 3.73. The second-order valence-electron chi connectivity index (χ2n) is 5.77. The summed E-state index contributed by atoms with van der Waals surface area (Å²) in [5.41, 5.74) is 2.96. The molecular weight excluding hydrogens is 356 g/mol. The Morgan fingerprint density at radius 3 is 2.86 bits per heavy atom. The van der Waals surface area contributed by atoms with Crippen LogP contribution in [0.4, 0.5) is 10.5 Å². The van der Waals surface area contributed by atoms with Gasteiger partial charge in [-0.3, -0.25) is 0 Å². The number of sulfone groups is 1. The molecule has 2 aliphatic rings. The molecule has 1 fully saturated rings. The van der Waals surface area contributed by atoms with E-state index in [-0.39, 0.29) is 28.3 Å². The average molecular weight is 373 g/mol. The van der Waals surface area contributed by atoms with E-state index in [9.17, 15) is 13.2 Å². The number of fused-ring (bicyclic) bond motifs is 1. The summed E-state index contributed by atoms with van der Waals surface area (Å²) in [4.78, 5) is 13.2. The van der Waals surface area contributed by atoms with Crippen molar-refractivity contribution >= 4 is 37.5 Å². The van der Waals surface area contributed by atoms with Gasteiger partial charge in [0.2, 0.25) is 0 Å². The summed E-state index contributed by atoms with van der Waals surface area (Å²) in [6.07, 6.45) is 0.700. The molecule has 1 N–H and O–H groups in total. The van der Waals surface area contributed by atoms with Crippen molar-refractivity contribution in [3.05, 3.63) is 29.3 Å². The first kappa shape index (κ1) is 14.8. The monoisotopic (exact) mass is 372 g/mol. The van der Waals surface area contributed by atoms with E-state index in [0.717, 1.165) is 16.8 Å². The smallest absolute Gasteiger partial charge is 0.321 e. The zero-order valence-corrected chi connectivity index (χ0v) is 14.1. The molecule has 0 aromatic heterocycles. The second-order valence-corrected chi connectivity index (χ2v) is 8.98. The van der Waals surface area contributed by atoms with E-state index in [0.29, 0.717) is 13.0 Å². The zero-order valence-electron chi connectivity index (χ0n) is 11.7. The third-order valence-electron chi connectivity index (χ3n) is 4.13. The topological polar surface area (TPSA) is 66.5 Å². The van der Waals surface area contributed by atoms with Gasteiger partial charge in [0.1, 0.15) is 0 Å². The van der Waals surface area contributed by atoms with Crippen LogP contribution in [-0.4, -0.2) is 37.9 Å². The summed E-state index contributed by atoms with van der Waals surface area (Å²) < 4.78 is 23.2. The van der Waals surface area contributed by atoms with Gasteiger partial charge in [-0.15, -0.1) is 0 Å². The number of anilines is 1. The highest BCUT2D eigenvalue weighted by Crippen LogP contribution is 2.39. The highest BCUT2D eigenvalue weighted by atomic mass is 79.9. The molecule has 0 radical (unpaired) electrons. The predicted molar refractivity (Wildman–Crippen MR) is 85.4 cm³/mol. The van der Waals surface area contributed by atoms with Crippen LogP contribution < -0.4 is 5.32 Å². The number of amides is 2. The van der Waals surface area contributed by atoms with Crippen LogP contribution in [0.2, 0.25) is 0 Å². The normalized spacial score (nSPS) is 25.3. The number of rotatable bonds is 2. The minimum absolute atomic E-state index is 0.0306. The van der Waals surface area contributed by atoms with Crippen molar-refractivity contribution in [2.75, 3.05) is 23.9 Å². The molecule has 2 unspecified atom stereocenters. The molecule has 1 aromatic rings. The molecule has 0 spiro atoms. The third-order valence-corrected chi connectivity index (χ3v) is 7.20. The van der Waals surface area contributed by atoms with Crippen LogP contribution in [0.1, 0.15) is 22.4 Å². The lowest BCUT2D eigenvalue weighted by atomic mass is 9.96. The van der Waals surface area contributed by atoms with E-state index in [1.165, 1.54) is 0 Å². The lowest BCUT2D eigenvalue weighted by Crippen LogP contribution is -2.35. The number of carbonyl (C=O) groups excluding carboxylic acids is 1. The molecule has 114 valence electrons. The number of hydrogen-bond donors (Lipinski definition) is 1. The van der Waals surface area contributed by atoms with E-state index in [1.54, 1.807) is 11.9 Å². The Morgan fingerprint density at radius 1 is 1.43 bits per heavy atom. The maximum atomic E-state index is 11.6. The number of alkyl halides is 1. The lowest BCUT2D eigenvalue weighted by molar-refractivity contribution is 0.218. The van der Waals surface area contributed by atoms with Gasteiger partial charge in [-0.25, -0.2) is 13.2 Å². The molecule has 5 nitrogen and oxygen atoms in total. The van der Waals surface area contributed by atoms with Gasteiger partial charge in [-0.1, -0.05) is 28.1 Å². The first-order valence-electron chi connectivity index (χ1n) is 6.85. The van der Waals surface area contributed by atoms with E-state index < -0.39 is 9.84 Å². The Labute approximate surface area is 132 Å². The van der Waals surface area contributed by atoms with E-state index >= 15 is 0 Å². The summed E-state index contributed by atoms with van der Waals surface area (Å²) in [5.74, 6) is 0.643. The largest absolute Gasteiger partial charge is 0.323 e. The van der Waals surface area contributed by atoms with Gasteiger partial charge < -0.3 is 10.2 Å². The summed E-state index contributed by atoms with van der Waals surface area (Å²) in [7, 11) is -1.13. The molecule has 2 heterocycles. The molecule has 0 bridgehead atoms. The highest BCUT2D eigenvalue weighted by molar-refractivity contribution is 9.09. The summed E-state index contributed by atoms with van der Waals surface area (Å²) in [6, 6.07) is 5.80.